The van der Waals surface area contributed by atoms with Crippen LogP contribution in [0.15, 0.2) is 18.3 Å². The van der Waals surface area contributed by atoms with Gasteiger partial charge in [-0.2, -0.15) is 0 Å². The third-order valence-corrected chi connectivity index (χ3v) is 3.18. The van der Waals surface area contributed by atoms with E-state index in [2.05, 4.69) is 35.2 Å². The normalized spacial score (nSPS) is 22.5. The highest BCUT2D eigenvalue weighted by Crippen LogP contribution is 2.27. The summed E-state index contributed by atoms with van der Waals surface area (Å²) in [5.41, 5.74) is 1.30. The summed E-state index contributed by atoms with van der Waals surface area (Å²) in [5, 5.41) is 5.07. The van der Waals surface area contributed by atoms with E-state index in [0.29, 0.717) is 11.1 Å². The van der Waals surface area contributed by atoms with Crippen LogP contribution in [-0.2, 0) is 0 Å². The number of pyridine rings is 1. The summed E-state index contributed by atoms with van der Waals surface area (Å²) >= 11 is 5.77. The standard InChI is InChI=1S/C11H16ClN3/c1-14(2)15-6-5-10(8-15)9-3-4-11(12)13-7-9/h3-4,7,10H,5-6,8H2,1-2H3/t10-/m1/s1. The van der Waals surface area contributed by atoms with Gasteiger partial charge in [-0.25, -0.2) is 15.0 Å². The lowest BCUT2D eigenvalue weighted by atomic mass is 10.0. The Morgan fingerprint density at radius 3 is 2.80 bits per heavy atom. The molecule has 0 aromatic carbocycles. The second kappa shape index (κ2) is 4.47. The summed E-state index contributed by atoms with van der Waals surface area (Å²) in [6, 6.07) is 3.95. The van der Waals surface area contributed by atoms with E-state index in [1.807, 2.05) is 12.3 Å². The Morgan fingerprint density at radius 1 is 1.47 bits per heavy atom. The molecule has 0 bridgehead atoms. The number of hydrogen-bond donors (Lipinski definition) is 0. The van der Waals surface area contributed by atoms with E-state index in [1.165, 1.54) is 12.0 Å². The van der Waals surface area contributed by atoms with Crippen molar-refractivity contribution in [2.24, 2.45) is 0 Å². The molecule has 0 unspecified atom stereocenters. The molecule has 1 atom stereocenters. The minimum atomic E-state index is 0.571. The van der Waals surface area contributed by atoms with Crippen molar-refractivity contribution >= 4 is 11.6 Å². The summed E-state index contributed by atoms with van der Waals surface area (Å²) in [4.78, 5) is 4.13. The van der Waals surface area contributed by atoms with Gasteiger partial charge in [0.1, 0.15) is 5.15 Å². The maximum absolute atomic E-state index is 5.77. The Labute approximate surface area is 95.6 Å². The molecule has 0 N–H and O–H groups in total. The van der Waals surface area contributed by atoms with Crippen molar-refractivity contribution < 1.29 is 0 Å². The first-order valence-corrected chi connectivity index (χ1v) is 5.58. The van der Waals surface area contributed by atoms with Gasteiger partial charge in [0.25, 0.3) is 0 Å². The van der Waals surface area contributed by atoms with Crippen LogP contribution in [0.4, 0.5) is 0 Å². The van der Waals surface area contributed by atoms with Gasteiger partial charge < -0.3 is 0 Å². The predicted octanol–water partition coefficient (Wildman–Crippen LogP) is 2.00. The van der Waals surface area contributed by atoms with Crippen molar-refractivity contribution in [3.05, 3.63) is 29.0 Å². The van der Waals surface area contributed by atoms with Crippen molar-refractivity contribution in [1.29, 1.82) is 0 Å². The van der Waals surface area contributed by atoms with E-state index in [1.54, 1.807) is 0 Å². The van der Waals surface area contributed by atoms with Gasteiger partial charge in [-0.05, 0) is 18.1 Å². The van der Waals surface area contributed by atoms with Crippen LogP contribution in [-0.4, -0.2) is 42.2 Å². The smallest absolute Gasteiger partial charge is 0.129 e. The van der Waals surface area contributed by atoms with Crippen LogP contribution < -0.4 is 0 Å². The van der Waals surface area contributed by atoms with Gasteiger partial charge in [-0.15, -0.1) is 0 Å². The zero-order valence-electron chi connectivity index (χ0n) is 9.15. The fourth-order valence-corrected chi connectivity index (χ4v) is 2.12. The molecule has 1 aromatic rings. The molecule has 2 rings (SSSR count). The first-order chi connectivity index (χ1) is 7.16. The highest BCUT2D eigenvalue weighted by Gasteiger charge is 2.24. The molecule has 0 spiro atoms. The highest BCUT2D eigenvalue weighted by molar-refractivity contribution is 6.29. The topological polar surface area (TPSA) is 19.4 Å². The van der Waals surface area contributed by atoms with E-state index >= 15 is 0 Å². The van der Waals surface area contributed by atoms with Gasteiger partial charge in [0.2, 0.25) is 0 Å². The van der Waals surface area contributed by atoms with Crippen molar-refractivity contribution in [1.82, 2.24) is 15.0 Å². The van der Waals surface area contributed by atoms with Gasteiger partial charge >= 0.3 is 0 Å². The molecule has 1 aromatic heterocycles. The maximum Gasteiger partial charge on any atom is 0.129 e. The predicted molar refractivity (Wildman–Crippen MR) is 61.9 cm³/mol. The van der Waals surface area contributed by atoms with Crippen LogP contribution in [0.3, 0.4) is 0 Å². The van der Waals surface area contributed by atoms with E-state index in [9.17, 15) is 0 Å². The molecule has 15 heavy (non-hydrogen) atoms. The number of hydrazine groups is 1. The highest BCUT2D eigenvalue weighted by atomic mass is 35.5. The molecule has 1 fully saturated rings. The van der Waals surface area contributed by atoms with Crippen LogP contribution >= 0.6 is 11.6 Å². The summed E-state index contributed by atoms with van der Waals surface area (Å²) in [6.45, 7) is 2.20. The minimum absolute atomic E-state index is 0.571. The fraction of sp³-hybridized carbons (Fsp3) is 0.545. The quantitative estimate of drug-likeness (QED) is 0.718. The summed E-state index contributed by atoms with van der Waals surface area (Å²) in [7, 11) is 4.17. The first kappa shape index (κ1) is 10.9. The average molecular weight is 226 g/mol. The van der Waals surface area contributed by atoms with Crippen molar-refractivity contribution in [3.8, 4) is 0 Å². The lowest BCUT2D eigenvalue weighted by molar-refractivity contribution is 0.0521. The van der Waals surface area contributed by atoms with Gasteiger partial charge in [-0.3, -0.25) is 0 Å². The zero-order valence-corrected chi connectivity index (χ0v) is 9.91. The first-order valence-electron chi connectivity index (χ1n) is 5.20. The monoisotopic (exact) mass is 225 g/mol. The molecular formula is C11H16ClN3. The number of rotatable bonds is 2. The van der Waals surface area contributed by atoms with Crippen molar-refractivity contribution in [2.45, 2.75) is 12.3 Å². The second-order valence-electron chi connectivity index (χ2n) is 4.16. The van der Waals surface area contributed by atoms with Gasteiger partial charge in [-0.1, -0.05) is 17.7 Å². The van der Waals surface area contributed by atoms with Crippen molar-refractivity contribution in [2.75, 3.05) is 27.2 Å². The number of nitrogens with zero attached hydrogens (tertiary/aromatic N) is 3. The Hall–Kier alpha value is -0.640. The van der Waals surface area contributed by atoms with Gasteiger partial charge in [0, 0.05) is 39.3 Å². The fourth-order valence-electron chi connectivity index (χ4n) is 2.01. The SMILES string of the molecule is CN(C)N1CC[C@@H](c2ccc(Cl)nc2)C1. The third-order valence-electron chi connectivity index (χ3n) is 2.95. The lowest BCUT2D eigenvalue weighted by Crippen LogP contribution is -2.34. The molecule has 0 saturated carbocycles. The molecule has 0 aliphatic carbocycles. The molecule has 1 aliphatic heterocycles. The minimum Gasteiger partial charge on any atom is -0.248 e. The van der Waals surface area contributed by atoms with E-state index in [4.69, 9.17) is 11.6 Å². The summed E-state index contributed by atoms with van der Waals surface area (Å²) in [5.74, 6) is 0.595. The largest absolute Gasteiger partial charge is 0.248 e. The molecule has 4 heteroatoms. The van der Waals surface area contributed by atoms with Gasteiger partial charge in [0.05, 0.1) is 0 Å². The average Bonchev–Trinajstić information content (AvgIpc) is 2.68. The second-order valence-corrected chi connectivity index (χ2v) is 4.55. The Bertz CT molecular complexity index is 323. The van der Waals surface area contributed by atoms with Crippen LogP contribution in [0.25, 0.3) is 0 Å². The summed E-state index contributed by atoms with van der Waals surface area (Å²) < 4.78 is 0. The molecule has 1 aliphatic rings. The maximum atomic E-state index is 5.77. The molecule has 0 amide bonds. The number of halogens is 1. The molecular weight excluding hydrogens is 210 g/mol. The molecule has 0 radical (unpaired) electrons. The zero-order chi connectivity index (χ0) is 10.8. The molecule has 2 heterocycles. The molecule has 82 valence electrons. The Kier molecular flexibility index (Phi) is 3.24. The van der Waals surface area contributed by atoms with E-state index in [-0.39, 0.29) is 0 Å². The van der Waals surface area contributed by atoms with Crippen molar-refractivity contribution in [3.63, 3.8) is 0 Å². The molecule has 3 nitrogen and oxygen atoms in total. The van der Waals surface area contributed by atoms with E-state index < -0.39 is 0 Å². The Morgan fingerprint density at radius 2 is 2.27 bits per heavy atom. The number of hydrogen-bond acceptors (Lipinski definition) is 3. The lowest BCUT2D eigenvalue weighted by Gasteiger charge is -2.23. The van der Waals surface area contributed by atoms with Crippen LogP contribution in [0, 0.1) is 0 Å². The number of aromatic nitrogens is 1. The van der Waals surface area contributed by atoms with E-state index in [0.717, 1.165) is 13.1 Å². The Balaban J connectivity index is 2.04. The van der Waals surface area contributed by atoms with Gasteiger partial charge in [0.15, 0.2) is 0 Å². The van der Waals surface area contributed by atoms with Crippen LogP contribution in [0.2, 0.25) is 5.15 Å². The molecule has 1 saturated heterocycles. The third kappa shape index (κ3) is 2.48. The van der Waals surface area contributed by atoms with Crippen LogP contribution in [0.1, 0.15) is 17.9 Å². The van der Waals surface area contributed by atoms with Crippen LogP contribution in [0.5, 0.6) is 0 Å². The summed E-state index contributed by atoms with van der Waals surface area (Å²) in [6.07, 6.45) is 3.09.